The van der Waals surface area contributed by atoms with Crippen molar-refractivity contribution >= 4 is 98.5 Å². The number of fused-ring (bicyclic) bond motifs is 12. The maximum absolute atomic E-state index is 4.73. The molecule has 1 aliphatic carbocycles. The van der Waals surface area contributed by atoms with Gasteiger partial charge < -0.3 is 18.3 Å². The zero-order valence-electron chi connectivity index (χ0n) is 42.2. The van der Waals surface area contributed by atoms with Crippen LogP contribution in [-0.2, 0) is 0 Å². The Labute approximate surface area is 444 Å². The molecule has 0 amide bonds. The minimum Gasteiger partial charge on any atom is -0.313 e. The first-order chi connectivity index (χ1) is 38.1. The lowest BCUT2D eigenvalue weighted by Crippen LogP contribution is -2.11. The van der Waals surface area contributed by atoms with Crippen molar-refractivity contribution in [3.8, 4) is 39.3 Å². The number of aromatic nitrogens is 6. The SMILES string of the molecule is CC1CC(c2ccncc2-c2cnccc2-c2ccc(-n3c4ccccc4c4cc(-n5c6ccccc6c6ccccc65)ccc43)cc2)=CC=C1n1c2ccccc2c2cc(-n3c4ccccc4c4ccccc43)ccc21. The summed E-state index contributed by atoms with van der Waals surface area (Å²) >= 11 is 0. The number of hydrogen-bond donors (Lipinski definition) is 0. The zero-order valence-corrected chi connectivity index (χ0v) is 42.2. The van der Waals surface area contributed by atoms with Gasteiger partial charge in [0.05, 0.1) is 44.1 Å². The summed E-state index contributed by atoms with van der Waals surface area (Å²) in [6.07, 6.45) is 13.4. The van der Waals surface area contributed by atoms with Crippen LogP contribution in [0.1, 0.15) is 18.9 Å². The first-order valence-electron chi connectivity index (χ1n) is 26.6. The van der Waals surface area contributed by atoms with Crippen LogP contribution >= 0.6 is 0 Å². The molecular weight excluding hydrogens is 937 g/mol. The quantitative estimate of drug-likeness (QED) is 0.160. The fourth-order valence-electron chi connectivity index (χ4n) is 13.0. The second-order valence-corrected chi connectivity index (χ2v) is 20.6. The standard InChI is InChI=1S/C71H48N6/c1-45-40-47(28-33-63(45)77-69-25-13-7-19-58(69)60-42-50(32-35-71(60)77)76-66-22-10-4-16-55(66)56-17-5-11-23-67(56)76)52-37-39-73-44-62(52)61-43-72-38-36-51(61)46-26-29-48(30-27-46)74-68-24-12-6-18-57(68)59-41-49(31-34-70(59)74)75-64-20-8-2-14-53(64)54-15-3-9-21-65(54)75/h2-39,41-45H,40H2,1H3. The highest BCUT2D eigenvalue weighted by Gasteiger charge is 2.25. The number of allylic oxidation sites excluding steroid dienone is 4. The van der Waals surface area contributed by atoms with Crippen LogP contribution in [0.2, 0.25) is 0 Å². The number of rotatable bonds is 7. The lowest BCUT2D eigenvalue weighted by atomic mass is 9.85. The number of nitrogens with zero attached hydrogens (tertiary/aromatic N) is 6. The van der Waals surface area contributed by atoms with E-state index in [4.69, 9.17) is 9.97 Å². The van der Waals surface area contributed by atoms with Gasteiger partial charge >= 0.3 is 0 Å². The first kappa shape index (κ1) is 43.4. The third-order valence-corrected chi connectivity index (χ3v) is 16.4. The first-order valence-corrected chi connectivity index (χ1v) is 26.6. The molecule has 0 radical (unpaired) electrons. The van der Waals surface area contributed by atoms with Gasteiger partial charge in [-0.1, -0.05) is 134 Å². The van der Waals surface area contributed by atoms with Gasteiger partial charge in [-0.25, -0.2) is 0 Å². The molecule has 0 bridgehead atoms. The zero-order chi connectivity index (χ0) is 50.7. The normalized spacial score (nSPS) is 14.0. The molecule has 0 fully saturated rings. The van der Waals surface area contributed by atoms with E-state index in [0.29, 0.717) is 0 Å². The molecule has 0 aliphatic heterocycles. The highest BCUT2D eigenvalue weighted by Crippen LogP contribution is 2.44. The number of hydrogen-bond acceptors (Lipinski definition) is 2. The number of pyridine rings is 2. The molecule has 9 aromatic carbocycles. The van der Waals surface area contributed by atoms with E-state index in [1.807, 2.05) is 24.8 Å². The minimum atomic E-state index is 0.231. The summed E-state index contributed by atoms with van der Waals surface area (Å²) in [6, 6.07) is 79.8. The van der Waals surface area contributed by atoms with Crippen LogP contribution < -0.4 is 0 Å². The maximum Gasteiger partial charge on any atom is 0.0542 e. The molecule has 1 atom stereocenters. The van der Waals surface area contributed by atoms with Crippen molar-refractivity contribution in [3.63, 3.8) is 0 Å². The van der Waals surface area contributed by atoms with Crippen molar-refractivity contribution in [1.82, 2.24) is 28.2 Å². The summed E-state index contributed by atoms with van der Waals surface area (Å²) in [5, 5.41) is 10.0. The third kappa shape index (κ3) is 6.55. The maximum atomic E-state index is 4.73. The molecule has 1 unspecified atom stereocenters. The van der Waals surface area contributed by atoms with E-state index < -0.39 is 0 Å². The highest BCUT2D eigenvalue weighted by molar-refractivity contribution is 6.14. The van der Waals surface area contributed by atoms with Crippen LogP contribution in [0.5, 0.6) is 0 Å². The molecule has 0 saturated carbocycles. The fraction of sp³-hybridized carbons (Fsp3) is 0.0423. The number of para-hydroxylation sites is 6. The minimum absolute atomic E-state index is 0.231. The Morgan fingerprint density at radius 1 is 0.325 bits per heavy atom. The Morgan fingerprint density at radius 2 is 0.688 bits per heavy atom. The molecule has 6 aromatic heterocycles. The van der Waals surface area contributed by atoms with Gasteiger partial charge in [-0.2, -0.15) is 0 Å². The molecule has 6 heteroatoms. The van der Waals surface area contributed by atoms with E-state index >= 15 is 0 Å². The molecule has 15 aromatic rings. The largest absolute Gasteiger partial charge is 0.313 e. The van der Waals surface area contributed by atoms with Crippen LogP contribution in [-0.4, -0.2) is 28.2 Å². The van der Waals surface area contributed by atoms with Crippen molar-refractivity contribution in [2.24, 2.45) is 5.92 Å². The van der Waals surface area contributed by atoms with Gasteiger partial charge in [0.25, 0.3) is 0 Å². The van der Waals surface area contributed by atoms with Crippen molar-refractivity contribution in [3.05, 3.63) is 261 Å². The summed E-state index contributed by atoms with van der Waals surface area (Å²) in [4.78, 5) is 9.45. The second kappa shape index (κ2) is 17.0. The summed E-state index contributed by atoms with van der Waals surface area (Å²) < 4.78 is 9.72. The topological polar surface area (TPSA) is 45.5 Å². The van der Waals surface area contributed by atoms with Gasteiger partial charge in [-0.05, 0) is 132 Å². The predicted molar refractivity (Wildman–Crippen MR) is 321 cm³/mol. The Balaban J connectivity index is 0.755. The molecule has 6 nitrogen and oxygen atoms in total. The van der Waals surface area contributed by atoms with Gasteiger partial charge in [0, 0.05) is 108 Å². The van der Waals surface area contributed by atoms with Crippen LogP contribution in [0.3, 0.4) is 0 Å². The Bertz CT molecular complexity index is 4870. The smallest absolute Gasteiger partial charge is 0.0542 e. The van der Waals surface area contributed by atoms with E-state index in [9.17, 15) is 0 Å². The Kier molecular flexibility index (Phi) is 9.57. The monoisotopic (exact) mass is 984 g/mol. The summed E-state index contributed by atoms with van der Waals surface area (Å²) in [5.41, 5.74) is 21.2. The van der Waals surface area contributed by atoms with E-state index in [1.165, 1.54) is 104 Å². The Hall–Kier alpha value is -10.0. The van der Waals surface area contributed by atoms with Gasteiger partial charge in [0.1, 0.15) is 0 Å². The average Bonchev–Trinajstić information content (AvgIpc) is 4.40. The molecule has 362 valence electrons. The highest BCUT2D eigenvalue weighted by atomic mass is 15.0. The van der Waals surface area contributed by atoms with Crippen LogP contribution in [0.4, 0.5) is 0 Å². The lowest BCUT2D eigenvalue weighted by Gasteiger charge is -2.25. The van der Waals surface area contributed by atoms with Crippen LogP contribution in [0.25, 0.3) is 138 Å². The fourth-order valence-corrected chi connectivity index (χ4v) is 13.0. The second-order valence-electron chi connectivity index (χ2n) is 20.6. The van der Waals surface area contributed by atoms with Gasteiger partial charge in [0.15, 0.2) is 0 Å². The van der Waals surface area contributed by atoms with E-state index in [1.54, 1.807) is 0 Å². The molecule has 0 spiro atoms. The van der Waals surface area contributed by atoms with Gasteiger partial charge in [-0.3, -0.25) is 9.97 Å². The predicted octanol–water partition coefficient (Wildman–Crippen LogP) is 18.2. The average molecular weight is 985 g/mol. The van der Waals surface area contributed by atoms with E-state index in [2.05, 4.69) is 256 Å². The number of benzene rings is 9. The van der Waals surface area contributed by atoms with Crippen molar-refractivity contribution in [1.29, 1.82) is 0 Å². The molecule has 0 saturated heterocycles. The van der Waals surface area contributed by atoms with Gasteiger partial charge in [0.2, 0.25) is 0 Å². The van der Waals surface area contributed by atoms with Crippen molar-refractivity contribution < 1.29 is 0 Å². The summed E-state index contributed by atoms with van der Waals surface area (Å²) in [7, 11) is 0. The third-order valence-electron chi connectivity index (χ3n) is 16.4. The molecule has 0 N–H and O–H groups in total. The van der Waals surface area contributed by atoms with Crippen LogP contribution in [0, 0.1) is 5.92 Å². The van der Waals surface area contributed by atoms with Crippen LogP contribution in [0.15, 0.2) is 255 Å². The molecule has 16 rings (SSSR count). The molecule has 77 heavy (non-hydrogen) atoms. The lowest BCUT2D eigenvalue weighted by molar-refractivity contribution is 0.736. The van der Waals surface area contributed by atoms with E-state index in [0.717, 1.165) is 45.7 Å². The van der Waals surface area contributed by atoms with Crippen molar-refractivity contribution in [2.75, 3.05) is 0 Å². The summed E-state index contributed by atoms with van der Waals surface area (Å²) in [5.74, 6) is 0.231. The molecule has 1 aliphatic rings. The Morgan fingerprint density at radius 3 is 1.16 bits per heavy atom. The van der Waals surface area contributed by atoms with Gasteiger partial charge in [-0.15, -0.1) is 0 Å². The summed E-state index contributed by atoms with van der Waals surface area (Å²) in [6.45, 7) is 2.37. The molecular formula is C71H48N6. The van der Waals surface area contributed by atoms with Crippen molar-refractivity contribution in [2.45, 2.75) is 13.3 Å². The molecule has 6 heterocycles. The van der Waals surface area contributed by atoms with E-state index in [-0.39, 0.29) is 5.92 Å².